The van der Waals surface area contributed by atoms with Gasteiger partial charge < -0.3 is 4.74 Å². The lowest BCUT2D eigenvalue weighted by molar-refractivity contribution is -0.151. The molecule has 4 aromatic carbocycles. The average molecular weight is 415 g/mol. The molecule has 0 saturated carbocycles. The van der Waals surface area contributed by atoms with E-state index in [1.807, 2.05) is 42.5 Å². The maximum atomic E-state index is 13.4. The van der Waals surface area contributed by atoms with Crippen molar-refractivity contribution in [3.8, 4) is 0 Å². The molecule has 6 rings (SSSR count). The summed E-state index contributed by atoms with van der Waals surface area (Å²) in [4.78, 5) is 13.4. The van der Waals surface area contributed by atoms with Crippen LogP contribution in [-0.4, -0.2) is 5.97 Å². The number of ether oxygens (including phenoxy) is 1. The predicted molar refractivity (Wildman–Crippen MR) is 131 cm³/mol. The summed E-state index contributed by atoms with van der Waals surface area (Å²) < 4.78 is 5.82. The number of hydrogen-bond donors (Lipinski definition) is 0. The van der Waals surface area contributed by atoms with Gasteiger partial charge >= 0.3 is 5.97 Å². The number of esters is 1. The first-order chi connectivity index (χ1) is 15.8. The summed E-state index contributed by atoms with van der Waals surface area (Å²) in [5.74, 6) is -0.197. The van der Waals surface area contributed by atoms with Crippen molar-refractivity contribution in [1.29, 1.82) is 0 Å². The number of benzene rings is 4. The predicted octanol–water partition coefficient (Wildman–Crippen LogP) is 7.09. The molecule has 4 aromatic rings. The minimum atomic E-state index is -0.777. The van der Waals surface area contributed by atoms with Gasteiger partial charge in [0.05, 0.1) is 0 Å². The summed E-state index contributed by atoms with van der Waals surface area (Å²) in [5.41, 5.74) is 3.51. The Morgan fingerprint density at radius 2 is 1.66 bits per heavy atom. The Balaban J connectivity index is 1.44. The van der Waals surface area contributed by atoms with Gasteiger partial charge in [-0.25, -0.2) is 0 Å². The summed E-state index contributed by atoms with van der Waals surface area (Å²) in [7, 11) is 0. The zero-order valence-electron chi connectivity index (χ0n) is 17.6. The van der Waals surface area contributed by atoms with E-state index in [1.54, 1.807) is 0 Å². The second-order valence-corrected chi connectivity index (χ2v) is 8.49. The molecule has 0 radical (unpaired) electrons. The van der Waals surface area contributed by atoms with Gasteiger partial charge in [0.1, 0.15) is 12.0 Å². The van der Waals surface area contributed by atoms with Crippen LogP contribution in [-0.2, 0) is 16.1 Å². The summed E-state index contributed by atoms with van der Waals surface area (Å²) in [5, 5.41) is 4.92. The van der Waals surface area contributed by atoms with Crippen molar-refractivity contribution in [3.63, 3.8) is 0 Å². The fourth-order valence-electron chi connectivity index (χ4n) is 5.03. The van der Waals surface area contributed by atoms with Gasteiger partial charge in [-0.3, -0.25) is 4.79 Å². The van der Waals surface area contributed by atoms with Crippen LogP contribution in [0.1, 0.15) is 23.1 Å². The summed E-state index contributed by atoms with van der Waals surface area (Å²) in [6.07, 6.45) is 10.9. The number of rotatable bonds is 3. The van der Waals surface area contributed by atoms with Gasteiger partial charge in [0, 0.05) is 0 Å². The minimum absolute atomic E-state index is 0.197. The Hall–Kier alpha value is -3.91. The Labute approximate surface area is 187 Å². The van der Waals surface area contributed by atoms with Gasteiger partial charge in [-0.05, 0) is 50.2 Å². The van der Waals surface area contributed by atoms with E-state index in [4.69, 9.17) is 4.74 Å². The van der Waals surface area contributed by atoms with Gasteiger partial charge in [0.25, 0.3) is 0 Å². The van der Waals surface area contributed by atoms with E-state index < -0.39 is 5.41 Å². The zero-order chi connectivity index (χ0) is 21.5. The first-order valence-corrected chi connectivity index (χ1v) is 11.0. The quantitative estimate of drug-likeness (QED) is 0.264. The maximum absolute atomic E-state index is 13.4. The van der Waals surface area contributed by atoms with Gasteiger partial charge in [-0.2, -0.15) is 0 Å². The van der Waals surface area contributed by atoms with Crippen molar-refractivity contribution in [2.24, 2.45) is 5.41 Å². The minimum Gasteiger partial charge on any atom is -0.460 e. The van der Waals surface area contributed by atoms with Crippen LogP contribution in [0.15, 0.2) is 103 Å². The van der Waals surface area contributed by atoms with Gasteiger partial charge in [0.2, 0.25) is 0 Å². The van der Waals surface area contributed by atoms with Crippen LogP contribution < -0.4 is 0 Å². The molecule has 0 amide bonds. The lowest BCUT2D eigenvalue weighted by atomic mass is 9.67. The maximum Gasteiger partial charge on any atom is 0.321 e. The van der Waals surface area contributed by atoms with Crippen LogP contribution in [0.3, 0.4) is 0 Å². The molecule has 1 unspecified atom stereocenters. The van der Waals surface area contributed by atoms with E-state index in [-0.39, 0.29) is 12.6 Å². The smallest absolute Gasteiger partial charge is 0.321 e. The molecule has 0 bridgehead atoms. The highest BCUT2D eigenvalue weighted by Gasteiger charge is 2.44. The SMILES string of the molecule is O=C(OCc1ccccc1)C12C=Cc3c(ccc4c3ccc3ccccc34)C1=CC=CC2. The van der Waals surface area contributed by atoms with E-state index in [0.29, 0.717) is 6.42 Å². The molecule has 2 aliphatic carbocycles. The number of carbonyl (C=O) groups excluding carboxylic acids is 1. The van der Waals surface area contributed by atoms with Crippen LogP contribution in [0.2, 0.25) is 0 Å². The molecule has 154 valence electrons. The Morgan fingerprint density at radius 1 is 0.844 bits per heavy atom. The molecular formula is C30H22O2. The monoisotopic (exact) mass is 414 g/mol. The third-order valence-corrected chi connectivity index (χ3v) is 6.69. The third kappa shape index (κ3) is 2.84. The van der Waals surface area contributed by atoms with Crippen molar-refractivity contribution in [1.82, 2.24) is 0 Å². The van der Waals surface area contributed by atoms with Crippen LogP contribution in [0.4, 0.5) is 0 Å². The van der Waals surface area contributed by atoms with E-state index in [0.717, 1.165) is 16.7 Å². The van der Waals surface area contributed by atoms with Crippen molar-refractivity contribution in [2.45, 2.75) is 13.0 Å². The van der Waals surface area contributed by atoms with Crippen molar-refractivity contribution in [3.05, 3.63) is 120 Å². The van der Waals surface area contributed by atoms with Crippen molar-refractivity contribution < 1.29 is 9.53 Å². The van der Waals surface area contributed by atoms with Crippen molar-refractivity contribution in [2.75, 3.05) is 0 Å². The standard InChI is InChI=1S/C30H22O2/c31-29(32-20-21-8-2-1-3-9-21)30-18-7-6-12-28(30)27-16-15-24-23-11-5-4-10-22(23)13-14-25(24)26(27)17-19-30/h1-17,19H,18,20H2. The molecule has 1 atom stereocenters. The van der Waals surface area contributed by atoms with Crippen LogP contribution in [0, 0.1) is 5.41 Å². The van der Waals surface area contributed by atoms with E-state index in [2.05, 4.69) is 66.8 Å². The number of allylic oxidation sites excluding steroid dienone is 3. The summed E-state index contributed by atoms with van der Waals surface area (Å²) >= 11 is 0. The van der Waals surface area contributed by atoms with Gasteiger partial charge in [-0.1, -0.05) is 109 Å². The second kappa shape index (κ2) is 7.35. The molecular weight excluding hydrogens is 392 g/mol. The summed E-state index contributed by atoms with van der Waals surface area (Å²) in [6, 6.07) is 27.0. The van der Waals surface area contributed by atoms with Crippen LogP contribution in [0.25, 0.3) is 33.2 Å². The summed E-state index contributed by atoms with van der Waals surface area (Å²) in [6.45, 7) is 0.281. The number of fused-ring (bicyclic) bond motifs is 7. The highest BCUT2D eigenvalue weighted by atomic mass is 16.5. The molecule has 0 N–H and O–H groups in total. The molecule has 0 aromatic heterocycles. The Morgan fingerprint density at radius 3 is 2.56 bits per heavy atom. The van der Waals surface area contributed by atoms with Crippen LogP contribution in [0.5, 0.6) is 0 Å². The molecule has 2 aliphatic rings. The molecule has 2 heteroatoms. The first-order valence-electron chi connectivity index (χ1n) is 11.0. The second-order valence-electron chi connectivity index (χ2n) is 8.49. The zero-order valence-corrected chi connectivity index (χ0v) is 17.6. The average Bonchev–Trinajstić information content (AvgIpc) is 2.87. The van der Waals surface area contributed by atoms with Crippen LogP contribution >= 0.6 is 0 Å². The first kappa shape index (κ1) is 18.8. The highest BCUT2D eigenvalue weighted by Crippen LogP contribution is 2.49. The third-order valence-electron chi connectivity index (χ3n) is 6.69. The number of hydrogen-bond acceptors (Lipinski definition) is 2. The van der Waals surface area contributed by atoms with Gasteiger partial charge in [-0.15, -0.1) is 0 Å². The van der Waals surface area contributed by atoms with Gasteiger partial charge in [0.15, 0.2) is 0 Å². The molecule has 0 fully saturated rings. The fraction of sp³-hybridized carbons (Fsp3) is 0.100. The molecule has 0 heterocycles. The largest absolute Gasteiger partial charge is 0.460 e. The molecule has 0 saturated heterocycles. The molecule has 0 aliphatic heterocycles. The van der Waals surface area contributed by atoms with E-state index in [1.165, 1.54) is 27.1 Å². The topological polar surface area (TPSA) is 26.3 Å². The Bertz CT molecular complexity index is 1460. The lowest BCUT2D eigenvalue weighted by Gasteiger charge is -2.36. The molecule has 2 nitrogen and oxygen atoms in total. The number of carbonyl (C=O) groups is 1. The normalized spacial score (nSPS) is 18.8. The Kier molecular flexibility index (Phi) is 4.32. The van der Waals surface area contributed by atoms with E-state index >= 15 is 0 Å². The molecule has 32 heavy (non-hydrogen) atoms. The molecule has 0 spiro atoms. The van der Waals surface area contributed by atoms with E-state index in [9.17, 15) is 4.79 Å². The lowest BCUT2D eigenvalue weighted by Crippen LogP contribution is -2.34. The fourth-order valence-corrected chi connectivity index (χ4v) is 5.03. The van der Waals surface area contributed by atoms with Crippen molar-refractivity contribution >= 4 is 39.2 Å². The highest BCUT2D eigenvalue weighted by molar-refractivity contribution is 6.13.